The van der Waals surface area contributed by atoms with Gasteiger partial charge in [-0.2, -0.15) is 0 Å². The molecule has 1 aromatic carbocycles. The van der Waals surface area contributed by atoms with Gasteiger partial charge in [-0.1, -0.05) is 26.8 Å². The van der Waals surface area contributed by atoms with Gasteiger partial charge in [0, 0.05) is 31.8 Å². The molecule has 142 valence electrons. The maximum absolute atomic E-state index is 12.7. The molecule has 0 spiro atoms. The number of hydrogen-bond acceptors (Lipinski definition) is 3. The molecule has 0 atom stereocenters. The zero-order valence-electron chi connectivity index (χ0n) is 16.8. The van der Waals surface area contributed by atoms with Gasteiger partial charge in [0.05, 0.1) is 11.2 Å². The molecule has 1 N–H and O–H groups in total. The van der Waals surface area contributed by atoms with Crippen molar-refractivity contribution < 1.29 is 4.79 Å². The average Bonchev–Trinajstić information content (AvgIpc) is 2.84. The molecule has 27 heavy (non-hydrogen) atoms. The number of rotatable bonds is 3. The average molecular weight is 366 g/mol. The van der Waals surface area contributed by atoms with Crippen molar-refractivity contribution in [2.75, 3.05) is 7.05 Å². The summed E-state index contributed by atoms with van der Waals surface area (Å²) in [6.07, 6.45) is 0. The minimum absolute atomic E-state index is 0.0186. The third kappa shape index (κ3) is 3.52. The summed E-state index contributed by atoms with van der Waals surface area (Å²) in [6, 6.07) is 9.40. The number of imidazole rings is 1. The Morgan fingerprint density at radius 1 is 1.19 bits per heavy atom. The van der Waals surface area contributed by atoms with E-state index < -0.39 is 0 Å². The van der Waals surface area contributed by atoms with Crippen molar-refractivity contribution in [3.05, 3.63) is 51.9 Å². The fraction of sp³-hybridized carbons (Fsp3) is 0.381. The maximum Gasteiger partial charge on any atom is 0.330 e. The zero-order chi connectivity index (χ0) is 19.9. The molecule has 0 saturated heterocycles. The van der Waals surface area contributed by atoms with E-state index in [1.54, 1.807) is 29.3 Å². The summed E-state index contributed by atoms with van der Waals surface area (Å²) in [5, 5.41) is 2.64. The lowest BCUT2D eigenvalue weighted by atomic mass is 9.97. The highest BCUT2D eigenvalue weighted by Gasteiger charge is 2.19. The molecule has 0 aliphatic rings. The number of aryl methyl sites for hydroxylation is 2. The van der Waals surface area contributed by atoms with Crippen LogP contribution >= 0.6 is 0 Å². The number of carbonyl (C=O) groups excluding carboxylic acids is 1. The van der Waals surface area contributed by atoms with Crippen LogP contribution in [0.25, 0.3) is 22.4 Å². The largest absolute Gasteiger partial charge is 0.355 e. The summed E-state index contributed by atoms with van der Waals surface area (Å²) in [6.45, 7) is 8.92. The Labute approximate surface area is 158 Å². The Bertz CT molecular complexity index is 1080. The molecule has 0 bridgehead atoms. The van der Waals surface area contributed by atoms with Crippen molar-refractivity contribution in [1.82, 2.24) is 19.4 Å². The Kier molecular flexibility index (Phi) is 4.68. The molecule has 2 aromatic heterocycles. The number of benzene rings is 1. The first-order chi connectivity index (χ1) is 12.6. The monoisotopic (exact) mass is 366 g/mol. The lowest BCUT2D eigenvalue weighted by Crippen LogP contribution is -2.27. The topological polar surface area (TPSA) is 68.9 Å². The molecule has 6 nitrogen and oxygen atoms in total. The van der Waals surface area contributed by atoms with Crippen LogP contribution in [0.1, 0.15) is 36.7 Å². The fourth-order valence-electron chi connectivity index (χ4n) is 3.23. The number of pyridine rings is 1. The van der Waals surface area contributed by atoms with E-state index in [0.29, 0.717) is 17.8 Å². The smallest absolute Gasteiger partial charge is 0.330 e. The molecule has 1 amide bonds. The summed E-state index contributed by atoms with van der Waals surface area (Å²) in [7, 11) is 3.36. The quantitative estimate of drug-likeness (QED) is 0.774. The van der Waals surface area contributed by atoms with Gasteiger partial charge >= 0.3 is 5.69 Å². The van der Waals surface area contributed by atoms with Gasteiger partial charge in [-0.05, 0) is 42.2 Å². The van der Waals surface area contributed by atoms with Crippen LogP contribution < -0.4 is 11.0 Å². The van der Waals surface area contributed by atoms with Gasteiger partial charge in [0.1, 0.15) is 0 Å². The van der Waals surface area contributed by atoms with Crippen LogP contribution in [0.5, 0.6) is 0 Å². The van der Waals surface area contributed by atoms with Crippen LogP contribution in [0.15, 0.2) is 35.1 Å². The first-order valence-electron chi connectivity index (χ1n) is 9.02. The van der Waals surface area contributed by atoms with Crippen LogP contribution in [0.2, 0.25) is 0 Å². The molecule has 0 aliphatic carbocycles. The first-order valence-corrected chi connectivity index (χ1v) is 9.02. The van der Waals surface area contributed by atoms with Crippen molar-refractivity contribution in [2.45, 2.75) is 34.2 Å². The van der Waals surface area contributed by atoms with E-state index in [-0.39, 0.29) is 17.0 Å². The molecule has 0 fully saturated rings. The summed E-state index contributed by atoms with van der Waals surface area (Å²) >= 11 is 0. The van der Waals surface area contributed by atoms with Gasteiger partial charge in [-0.3, -0.25) is 13.9 Å². The standard InChI is InChI=1S/C21H26N4O2/c1-13-7-8-14(19(26)22-5)11-15(13)16-9-10-17-18(23-16)24(6)20(27)25(17)12-21(2,3)4/h7-11H,12H2,1-6H3,(H,22,26). The zero-order valence-corrected chi connectivity index (χ0v) is 16.8. The molecular weight excluding hydrogens is 340 g/mol. The highest BCUT2D eigenvalue weighted by atomic mass is 16.2. The first kappa shape index (κ1) is 18.9. The molecule has 2 heterocycles. The van der Waals surface area contributed by atoms with Crippen molar-refractivity contribution in [1.29, 1.82) is 0 Å². The highest BCUT2D eigenvalue weighted by molar-refractivity contribution is 5.95. The summed E-state index contributed by atoms with van der Waals surface area (Å²) in [4.78, 5) is 29.4. The summed E-state index contributed by atoms with van der Waals surface area (Å²) in [5.74, 6) is -0.138. The number of aromatic nitrogens is 3. The number of fused-ring (bicyclic) bond motifs is 1. The van der Waals surface area contributed by atoms with E-state index in [2.05, 4.69) is 26.1 Å². The molecule has 0 unspecified atom stereocenters. The van der Waals surface area contributed by atoms with Gasteiger partial charge in [0.25, 0.3) is 5.91 Å². The minimum atomic E-state index is -0.138. The van der Waals surface area contributed by atoms with Gasteiger partial charge < -0.3 is 5.32 Å². The molecule has 6 heteroatoms. The molecule has 3 rings (SSSR count). The second kappa shape index (κ2) is 6.68. The van der Waals surface area contributed by atoms with Crippen molar-refractivity contribution in [3.8, 4) is 11.3 Å². The van der Waals surface area contributed by atoms with Crippen molar-refractivity contribution in [3.63, 3.8) is 0 Å². The van der Waals surface area contributed by atoms with E-state index >= 15 is 0 Å². The van der Waals surface area contributed by atoms with Crippen LogP contribution in [-0.2, 0) is 13.6 Å². The Balaban J connectivity index is 2.18. The highest BCUT2D eigenvalue weighted by Crippen LogP contribution is 2.26. The molecule has 0 radical (unpaired) electrons. The van der Waals surface area contributed by atoms with Gasteiger partial charge in [0.15, 0.2) is 5.65 Å². The Morgan fingerprint density at radius 2 is 1.89 bits per heavy atom. The predicted molar refractivity (Wildman–Crippen MR) is 108 cm³/mol. The molecule has 0 saturated carbocycles. The SMILES string of the molecule is CNC(=O)c1ccc(C)c(-c2ccc3c(n2)n(C)c(=O)n3CC(C)(C)C)c1. The van der Waals surface area contributed by atoms with Gasteiger partial charge in [-0.25, -0.2) is 9.78 Å². The van der Waals surface area contributed by atoms with Crippen LogP contribution in [-0.4, -0.2) is 27.1 Å². The van der Waals surface area contributed by atoms with E-state index in [4.69, 9.17) is 4.98 Å². The third-order valence-electron chi connectivity index (χ3n) is 4.62. The van der Waals surface area contributed by atoms with Crippen molar-refractivity contribution >= 4 is 17.1 Å². The van der Waals surface area contributed by atoms with E-state index in [1.165, 1.54) is 0 Å². The van der Waals surface area contributed by atoms with Crippen LogP contribution in [0.3, 0.4) is 0 Å². The third-order valence-corrected chi connectivity index (χ3v) is 4.62. The second-order valence-corrected chi connectivity index (χ2v) is 8.14. The van der Waals surface area contributed by atoms with E-state index in [0.717, 1.165) is 22.3 Å². The van der Waals surface area contributed by atoms with Crippen LogP contribution in [0.4, 0.5) is 0 Å². The fourth-order valence-corrected chi connectivity index (χ4v) is 3.23. The summed E-state index contributed by atoms with van der Waals surface area (Å²) in [5.41, 5.74) is 4.61. The van der Waals surface area contributed by atoms with Crippen molar-refractivity contribution in [2.24, 2.45) is 12.5 Å². The number of nitrogens with zero attached hydrogens (tertiary/aromatic N) is 3. The number of nitrogens with one attached hydrogen (secondary N) is 1. The molecule has 3 aromatic rings. The van der Waals surface area contributed by atoms with E-state index in [1.807, 2.05) is 31.2 Å². The summed E-state index contributed by atoms with van der Waals surface area (Å²) < 4.78 is 3.36. The number of carbonyl (C=O) groups is 1. The maximum atomic E-state index is 12.7. The normalized spacial score (nSPS) is 11.8. The predicted octanol–water partition coefficient (Wildman–Crippen LogP) is 3.12. The number of amides is 1. The lowest BCUT2D eigenvalue weighted by molar-refractivity contribution is 0.0963. The Morgan fingerprint density at radius 3 is 2.52 bits per heavy atom. The minimum Gasteiger partial charge on any atom is -0.355 e. The van der Waals surface area contributed by atoms with Gasteiger partial charge in [0.2, 0.25) is 0 Å². The lowest BCUT2D eigenvalue weighted by Gasteiger charge is -2.18. The van der Waals surface area contributed by atoms with E-state index in [9.17, 15) is 9.59 Å². The van der Waals surface area contributed by atoms with Gasteiger partial charge in [-0.15, -0.1) is 0 Å². The van der Waals surface area contributed by atoms with Crippen LogP contribution in [0, 0.1) is 12.3 Å². The molecule has 0 aliphatic heterocycles. The second-order valence-electron chi connectivity index (χ2n) is 8.14. The number of hydrogen-bond donors (Lipinski definition) is 1. The Hall–Kier alpha value is -2.89. The molecular formula is C21H26N4O2.